The molecule has 0 radical (unpaired) electrons. The zero-order chi connectivity index (χ0) is 24.2. The third kappa shape index (κ3) is 4.81. The van der Waals surface area contributed by atoms with Gasteiger partial charge in [-0.3, -0.25) is 4.79 Å². The molecule has 35 heavy (non-hydrogen) atoms. The quantitative estimate of drug-likeness (QED) is 0.381. The number of thiophene rings is 1. The van der Waals surface area contributed by atoms with Crippen molar-refractivity contribution in [2.24, 2.45) is 0 Å². The molecule has 0 unspecified atom stereocenters. The van der Waals surface area contributed by atoms with E-state index in [2.05, 4.69) is 27.1 Å². The van der Waals surface area contributed by atoms with E-state index in [4.69, 9.17) is 4.74 Å². The minimum Gasteiger partial charge on any atom is -0.461 e. The van der Waals surface area contributed by atoms with Gasteiger partial charge in [0.25, 0.3) is 5.91 Å². The molecule has 1 aromatic carbocycles. The van der Waals surface area contributed by atoms with E-state index in [1.807, 2.05) is 52.7 Å². The second kappa shape index (κ2) is 10.1. The first-order valence-corrected chi connectivity index (χ1v) is 12.4. The number of nitrogens with zero attached hydrogens (tertiary/aromatic N) is 5. The Morgan fingerprint density at radius 1 is 1.00 bits per heavy atom. The highest BCUT2D eigenvalue weighted by Crippen LogP contribution is 2.27. The van der Waals surface area contributed by atoms with Crippen LogP contribution in [0.15, 0.2) is 72.2 Å². The second-order valence-electron chi connectivity index (χ2n) is 8.04. The number of amides is 1. The molecule has 5 rings (SSSR count). The molecule has 0 bridgehead atoms. The molecule has 0 aliphatic carbocycles. The summed E-state index contributed by atoms with van der Waals surface area (Å²) in [5.41, 5.74) is 2.99. The molecule has 4 aromatic rings. The standard InChI is InChI=1S/C26H25N5O3S/c1-2-34-26(33)21-18-22(31(28-21)24-7-3-4-12-27-24)19-8-10-20(11-9-19)29-13-15-30(16-14-29)25(32)23-6-5-17-35-23/h3-12,17-18H,2,13-16H2,1H3. The van der Waals surface area contributed by atoms with Gasteiger partial charge in [-0.1, -0.05) is 24.3 Å². The Morgan fingerprint density at radius 2 is 1.80 bits per heavy atom. The number of hydrogen-bond donors (Lipinski definition) is 0. The van der Waals surface area contributed by atoms with Crippen molar-refractivity contribution < 1.29 is 14.3 Å². The number of hydrogen-bond acceptors (Lipinski definition) is 7. The Balaban J connectivity index is 1.34. The molecule has 4 heterocycles. The molecule has 0 atom stereocenters. The van der Waals surface area contributed by atoms with Gasteiger partial charge in [-0.05, 0) is 48.7 Å². The van der Waals surface area contributed by atoms with Crippen molar-refractivity contribution in [3.63, 3.8) is 0 Å². The average molecular weight is 488 g/mol. The monoisotopic (exact) mass is 487 g/mol. The Kier molecular flexibility index (Phi) is 6.58. The minimum atomic E-state index is -0.463. The second-order valence-corrected chi connectivity index (χ2v) is 8.99. The van der Waals surface area contributed by atoms with Gasteiger partial charge >= 0.3 is 5.97 Å². The third-order valence-electron chi connectivity index (χ3n) is 5.89. The fourth-order valence-corrected chi connectivity index (χ4v) is 4.80. The summed E-state index contributed by atoms with van der Waals surface area (Å²) in [6.07, 6.45) is 1.69. The Hall–Kier alpha value is -3.98. The van der Waals surface area contributed by atoms with Crippen LogP contribution in [0.1, 0.15) is 27.1 Å². The van der Waals surface area contributed by atoms with Crippen molar-refractivity contribution in [3.05, 3.63) is 82.8 Å². The number of rotatable bonds is 6. The Bertz CT molecular complexity index is 1290. The lowest BCUT2D eigenvalue weighted by atomic mass is 10.1. The highest BCUT2D eigenvalue weighted by molar-refractivity contribution is 7.12. The fraction of sp³-hybridized carbons (Fsp3) is 0.231. The van der Waals surface area contributed by atoms with E-state index in [9.17, 15) is 9.59 Å². The number of esters is 1. The van der Waals surface area contributed by atoms with Gasteiger partial charge in [0.05, 0.1) is 17.2 Å². The van der Waals surface area contributed by atoms with E-state index in [0.717, 1.165) is 34.9 Å². The van der Waals surface area contributed by atoms with Gasteiger partial charge in [0.1, 0.15) is 0 Å². The molecule has 0 spiro atoms. The summed E-state index contributed by atoms with van der Waals surface area (Å²) in [5.74, 6) is 0.263. The maximum Gasteiger partial charge on any atom is 0.358 e. The lowest BCUT2D eigenvalue weighted by Crippen LogP contribution is -2.48. The number of carbonyl (C=O) groups excluding carboxylic acids is 2. The first kappa shape index (κ1) is 22.8. The SMILES string of the molecule is CCOC(=O)c1cc(-c2ccc(N3CCN(C(=O)c4cccs4)CC3)cc2)n(-c2ccccn2)n1. The lowest BCUT2D eigenvalue weighted by Gasteiger charge is -2.36. The van der Waals surface area contributed by atoms with Crippen LogP contribution in [0.25, 0.3) is 17.1 Å². The number of piperazine rings is 1. The van der Waals surface area contributed by atoms with E-state index in [0.29, 0.717) is 18.9 Å². The Labute approximate surface area is 207 Å². The van der Waals surface area contributed by atoms with Gasteiger partial charge in [-0.25, -0.2) is 14.5 Å². The predicted molar refractivity (Wildman–Crippen MR) is 135 cm³/mol. The number of anilines is 1. The van der Waals surface area contributed by atoms with Crippen LogP contribution in [0.2, 0.25) is 0 Å². The van der Waals surface area contributed by atoms with Crippen molar-refractivity contribution in [3.8, 4) is 17.1 Å². The summed E-state index contributed by atoms with van der Waals surface area (Å²) >= 11 is 1.48. The molecule has 1 fully saturated rings. The number of ether oxygens (including phenoxy) is 1. The number of benzene rings is 1. The van der Waals surface area contributed by atoms with Crippen LogP contribution in [0.4, 0.5) is 5.69 Å². The summed E-state index contributed by atoms with van der Waals surface area (Å²) in [6.45, 7) is 4.98. The van der Waals surface area contributed by atoms with E-state index < -0.39 is 5.97 Å². The zero-order valence-electron chi connectivity index (χ0n) is 19.3. The van der Waals surface area contributed by atoms with Gasteiger partial charge in [-0.15, -0.1) is 11.3 Å². The molecule has 0 saturated carbocycles. The van der Waals surface area contributed by atoms with Crippen LogP contribution in [0.3, 0.4) is 0 Å². The number of aromatic nitrogens is 3. The maximum absolute atomic E-state index is 12.6. The third-order valence-corrected chi connectivity index (χ3v) is 6.75. The topological polar surface area (TPSA) is 80.6 Å². The van der Waals surface area contributed by atoms with Crippen molar-refractivity contribution in [2.75, 3.05) is 37.7 Å². The first-order chi connectivity index (χ1) is 17.1. The molecule has 8 nitrogen and oxygen atoms in total. The fourth-order valence-electron chi connectivity index (χ4n) is 4.11. The molecule has 178 valence electrons. The highest BCUT2D eigenvalue weighted by atomic mass is 32.1. The van der Waals surface area contributed by atoms with Crippen molar-refractivity contribution in [2.45, 2.75) is 6.92 Å². The zero-order valence-corrected chi connectivity index (χ0v) is 20.1. The summed E-state index contributed by atoms with van der Waals surface area (Å²) in [7, 11) is 0. The van der Waals surface area contributed by atoms with E-state index >= 15 is 0 Å². The van der Waals surface area contributed by atoms with Crippen LogP contribution in [-0.4, -0.2) is 64.3 Å². The van der Waals surface area contributed by atoms with Crippen LogP contribution in [0.5, 0.6) is 0 Å². The largest absolute Gasteiger partial charge is 0.461 e. The molecule has 1 aliphatic rings. The molecule has 1 aliphatic heterocycles. The van der Waals surface area contributed by atoms with E-state index in [-0.39, 0.29) is 18.2 Å². The average Bonchev–Trinajstić information content (AvgIpc) is 3.60. The smallest absolute Gasteiger partial charge is 0.358 e. The van der Waals surface area contributed by atoms with E-state index in [1.54, 1.807) is 23.9 Å². The van der Waals surface area contributed by atoms with Crippen molar-refractivity contribution in [1.29, 1.82) is 0 Å². The van der Waals surface area contributed by atoms with E-state index in [1.165, 1.54) is 11.3 Å². The van der Waals surface area contributed by atoms with Crippen LogP contribution >= 0.6 is 11.3 Å². The molecule has 1 amide bonds. The highest BCUT2D eigenvalue weighted by Gasteiger charge is 2.23. The minimum absolute atomic E-state index is 0.107. The van der Waals surface area contributed by atoms with Crippen LogP contribution in [0, 0.1) is 0 Å². The summed E-state index contributed by atoms with van der Waals surface area (Å²) in [4.78, 5) is 34.3. The maximum atomic E-state index is 12.6. The molecular weight excluding hydrogens is 462 g/mol. The van der Waals surface area contributed by atoms with Crippen LogP contribution < -0.4 is 4.90 Å². The molecular formula is C26H25N5O3S. The van der Waals surface area contributed by atoms with Gasteiger partial charge < -0.3 is 14.5 Å². The van der Waals surface area contributed by atoms with Gasteiger partial charge in [0, 0.05) is 43.6 Å². The molecule has 1 saturated heterocycles. The normalized spacial score (nSPS) is 13.6. The number of pyridine rings is 1. The summed E-state index contributed by atoms with van der Waals surface area (Å²) < 4.78 is 6.81. The van der Waals surface area contributed by atoms with Gasteiger partial charge in [0.2, 0.25) is 0 Å². The van der Waals surface area contributed by atoms with Gasteiger partial charge in [0.15, 0.2) is 11.5 Å². The number of carbonyl (C=O) groups is 2. The van der Waals surface area contributed by atoms with Crippen molar-refractivity contribution >= 4 is 28.9 Å². The Morgan fingerprint density at radius 3 is 2.46 bits per heavy atom. The summed E-state index contributed by atoms with van der Waals surface area (Å²) in [6, 6.07) is 19.2. The predicted octanol–water partition coefficient (Wildman–Crippen LogP) is 4.13. The van der Waals surface area contributed by atoms with Crippen molar-refractivity contribution in [1.82, 2.24) is 19.7 Å². The first-order valence-electron chi connectivity index (χ1n) is 11.5. The van der Waals surface area contributed by atoms with Gasteiger partial charge in [-0.2, -0.15) is 5.10 Å². The molecule has 9 heteroatoms. The molecule has 0 N–H and O–H groups in total. The lowest BCUT2D eigenvalue weighted by molar-refractivity contribution is 0.0518. The van der Waals surface area contributed by atoms with Crippen LogP contribution in [-0.2, 0) is 4.74 Å². The molecule has 3 aromatic heterocycles. The summed E-state index contributed by atoms with van der Waals surface area (Å²) in [5, 5.41) is 6.40.